The lowest BCUT2D eigenvalue weighted by molar-refractivity contribution is -0.130. The molecule has 0 spiro atoms. The monoisotopic (exact) mass is 448 g/mol. The van der Waals surface area contributed by atoms with Crippen molar-refractivity contribution in [3.63, 3.8) is 0 Å². The fraction of sp³-hybridized carbons (Fsp3) is 0.227. The number of nitrogens with zero attached hydrogens (tertiary/aromatic N) is 5. The summed E-state index contributed by atoms with van der Waals surface area (Å²) < 4.78 is 7.85. The van der Waals surface area contributed by atoms with Crippen LogP contribution in [0.1, 0.15) is 19.0 Å². The minimum Gasteiger partial charge on any atom is -0.497 e. The predicted octanol–water partition coefficient (Wildman–Crippen LogP) is 3.21. The molecule has 0 fully saturated rings. The zero-order valence-electron chi connectivity index (χ0n) is 17.7. The summed E-state index contributed by atoms with van der Waals surface area (Å²) in [7, 11) is 1.62. The topological polar surface area (TPSA) is 102 Å². The van der Waals surface area contributed by atoms with Gasteiger partial charge in [0.2, 0.25) is 5.13 Å². The number of aryl methyl sites for hydroxylation is 1. The zero-order valence-corrected chi connectivity index (χ0v) is 18.5. The summed E-state index contributed by atoms with van der Waals surface area (Å²) in [6.45, 7) is 3.58. The van der Waals surface area contributed by atoms with E-state index >= 15 is 0 Å². The van der Waals surface area contributed by atoms with Gasteiger partial charge in [-0.05, 0) is 44.2 Å². The van der Waals surface area contributed by atoms with Crippen LogP contribution in [0.3, 0.4) is 0 Å². The molecule has 0 aliphatic carbocycles. The summed E-state index contributed by atoms with van der Waals surface area (Å²) in [5.74, 6) is 1.01. The Hall–Kier alpha value is -3.79. The van der Waals surface area contributed by atoms with Gasteiger partial charge in [-0.1, -0.05) is 17.4 Å². The maximum atomic E-state index is 13.4. The molecular weight excluding hydrogens is 428 g/mol. The predicted molar refractivity (Wildman–Crippen MR) is 122 cm³/mol. The van der Waals surface area contributed by atoms with Gasteiger partial charge in [-0.25, -0.2) is 4.98 Å². The smallest absolute Gasteiger partial charge is 0.252 e. The number of aliphatic imine (C=N–C) groups is 1. The van der Waals surface area contributed by atoms with Crippen LogP contribution < -0.4 is 10.1 Å². The van der Waals surface area contributed by atoms with Crippen molar-refractivity contribution in [2.24, 2.45) is 4.99 Å². The third-order valence-corrected chi connectivity index (χ3v) is 6.43. The van der Waals surface area contributed by atoms with Crippen molar-refractivity contribution in [1.82, 2.24) is 19.7 Å². The number of amidine groups is 1. The lowest BCUT2D eigenvalue weighted by Gasteiger charge is -2.41. The minimum atomic E-state index is -1.13. The molecular formula is C22H20N6O3S. The van der Waals surface area contributed by atoms with Crippen LogP contribution in [0.4, 0.5) is 5.82 Å². The standard InChI is InChI=1S/C22H20N6O3S/c1-13-10-18(28(26-13)21-23-15-8-7-14(31-3)11-16(15)32-21)25-20(30)22(2)12-19(29)24-17-6-4-5-9-27(17)22/h4-11H,12H2,1-3H3,(H,25,30). The number of carbonyl (C=O) groups excluding carboxylic acids is 2. The lowest BCUT2D eigenvalue weighted by atomic mass is 9.91. The summed E-state index contributed by atoms with van der Waals surface area (Å²) in [6, 6.07) is 7.42. The minimum absolute atomic E-state index is 0.0332. The number of benzene rings is 1. The first kappa shape index (κ1) is 20.1. The van der Waals surface area contributed by atoms with E-state index in [0.717, 1.165) is 21.7 Å². The molecule has 2 aliphatic heterocycles. The Balaban J connectivity index is 1.49. The highest BCUT2D eigenvalue weighted by Crippen LogP contribution is 2.32. The normalized spacial score (nSPS) is 19.8. The molecule has 4 heterocycles. The van der Waals surface area contributed by atoms with Gasteiger partial charge in [-0.3, -0.25) is 9.59 Å². The first-order valence-electron chi connectivity index (χ1n) is 9.96. The number of rotatable bonds is 4. The number of thiazole rings is 1. The molecule has 2 aliphatic rings. The maximum Gasteiger partial charge on any atom is 0.252 e. The molecule has 2 amide bonds. The average Bonchev–Trinajstić information content (AvgIpc) is 3.35. The van der Waals surface area contributed by atoms with Gasteiger partial charge in [-0.15, -0.1) is 0 Å². The molecule has 0 bridgehead atoms. The van der Waals surface area contributed by atoms with Crippen LogP contribution >= 0.6 is 11.3 Å². The van der Waals surface area contributed by atoms with Crippen LogP contribution in [0.25, 0.3) is 15.3 Å². The number of hydrogen-bond acceptors (Lipinski definition) is 7. The number of allylic oxidation sites excluding steroid dienone is 2. The Morgan fingerprint density at radius 2 is 2.12 bits per heavy atom. The Morgan fingerprint density at radius 1 is 1.28 bits per heavy atom. The maximum absolute atomic E-state index is 13.4. The van der Waals surface area contributed by atoms with Crippen molar-refractivity contribution in [2.75, 3.05) is 12.4 Å². The Labute approximate surface area is 187 Å². The fourth-order valence-electron chi connectivity index (χ4n) is 3.77. The van der Waals surface area contributed by atoms with Crippen molar-refractivity contribution in [1.29, 1.82) is 0 Å². The van der Waals surface area contributed by atoms with Crippen LogP contribution in [0.2, 0.25) is 0 Å². The number of fused-ring (bicyclic) bond motifs is 2. The van der Waals surface area contributed by atoms with Crippen molar-refractivity contribution in [2.45, 2.75) is 25.8 Å². The van der Waals surface area contributed by atoms with E-state index in [2.05, 4.69) is 20.4 Å². The fourth-order valence-corrected chi connectivity index (χ4v) is 4.73. The third-order valence-electron chi connectivity index (χ3n) is 5.43. The lowest BCUT2D eigenvalue weighted by Crippen LogP contribution is -2.58. The summed E-state index contributed by atoms with van der Waals surface area (Å²) in [4.78, 5) is 36.1. The van der Waals surface area contributed by atoms with Crippen LogP contribution in [0, 0.1) is 6.92 Å². The molecule has 3 aromatic rings. The van der Waals surface area contributed by atoms with E-state index in [0.29, 0.717) is 16.8 Å². The molecule has 32 heavy (non-hydrogen) atoms. The van der Waals surface area contributed by atoms with E-state index in [1.165, 1.54) is 11.3 Å². The van der Waals surface area contributed by atoms with Gasteiger partial charge in [0.25, 0.3) is 11.8 Å². The van der Waals surface area contributed by atoms with E-state index in [1.54, 1.807) is 48.0 Å². The Bertz CT molecular complexity index is 1350. The van der Waals surface area contributed by atoms with Gasteiger partial charge in [0.05, 0.1) is 29.4 Å². The van der Waals surface area contributed by atoms with Gasteiger partial charge >= 0.3 is 0 Å². The second-order valence-electron chi connectivity index (χ2n) is 7.75. The van der Waals surface area contributed by atoms with E-state index in [4.69, 9.17) is 4.74 Å². The number of anilines is 1. The highest BCUT2D eigenvalue weighted by Gasteiger charge is 2.45. The van der Waals surface area contributed by atoms with Crippen LogP contribution in [0.15, 0.2) is 53.7 Å². The van der Waals surface area contributed by atoms with Gasteiger partial charge in [0.15, 0.2) is 0 Å². The van der Waals surface area contributed by atoms with Crippen molar-refractivity contribution in [3.05, 3.63) is 54.4 Å². The van der Waals surface area contributed by atoms with Crippen LogP contribution in [-0.4, -0.2) is 50.0 Å². The zero-order chi connectivity index (χ0) is 22.5. The van der Waals surface area contributed by atoms with Gasteiger partial charge in [0.1, 0.15) is 22.9 Å². The Morgan fingerprint density at radius 3 is 2.94 bits per heavy atom. The van der Waals surface area contributed by atoms with Gasteiger partial charge in [0, 0.05) is 12.3 Å². The highest BCUT2D eigenvalue weighted by molar-refractivity contribution is 7.20. The summed E-state index contributed by atoms with van der Waals surface area (Å²) in [5.41, 5.74) is 0.413. The molecule has 0 saturated carbocycles. The van der Waals surface area contributed by atoms with E-state index in [1.807, 2.05) is 31.2 Å². The van der Waals surface area contributed by atoms with Crippen molar-refractivity contribution < 1.29 is 14.3 Å². The van der Waals surface area contributed by atoms with Crippen molar-refractivity contribution in [3.8, 4) is 10.9 Å². The van der Waals surface area contributed by atoms with E-state index in [9.17, 15) is 9.59 Å². The first-order chi connectivity index (χ1) is 15.4. The Kier molecular flexibility index (Phi) is 4.66. The van der Waals surface area contributed by atoms with Gasteiger partial charge < -0.3 is 15.0 Å². The second kappa shape index (κ2) is 7.41. The molecule has 1 aromatic carbocycles. The second-order valence-corrected chi connectivity index (χ2v) is 8.76. The average molecular weight is 449 g/mol. The molecule has 0 radical (unpaired) electrons. The largest absolute Gasteiger partial charge is 0.497 e. The quantitative estimate of drug-likeness (QED) is 0.658. The number of aromatic nitrogens is 3. The SMILES string of the molecule is COc1ccc2nc(-n3nc(C)cc3NC(=O)C3(C)CC(=O)N=C4C=CC=CN43)sc2c1. The summed E-state index contributed by atoms with van der Waals surface area (Å²) >= 11 is 1.44. The number of amides is 2. The number of nitrogens with one attached hydrogen (secondary N) is 1. The molecule has 162 valence electrons. The molecule has 1 unspecified atom stereocenters. The number of hydrogen-bond donors (Lipinski definition) is 1. The molecule has 2 aromatic heterocycles. The number of ether oxygens (including phenoxy) is 1. The van der Waals surface area contributed by atoms with E-state index in [-0.39, 0.29) is 18.2 Å². The van der Waals surface area contributed by atoms with Crippen molar-refractivity contribution >= 4 is 45.0 Å². The molecule has 1 atom stereocenters. The number of carbonyl (C=O) groups is 2. The molecule has 9 nitrogen and oxygen atoms in total. The molecule has 5 rings (SSSR count). The molecule has 1 N–H and O–H groups in total. The first-order valence-corrected chi connectivity index (χ1v) is 10.8. The highest BCUT2D eigenvalue weighted by atomic mass is 32.1. The van der Waals surface area contributed by atoms with Crippen LogP contribution in [0.5, 0.6) is 5.75 Å². The summed E-state index contributed by atoms with van der Waals surface area (Å²) in [5, 5.41) is 8.10. The number of methoxy groups -OCH3 is 1. The van der Waals surface area contributed by atoms with E-state index < -0.39 is 5.54 Å². The van der Waals surface area contributed by atoms with Crippen LogP contribution in [-0.2, 0) is 9.59 Å². The third kappa shape index (κ3) is 3.28. The summed E-state index contributed by atoms with van der Waals surface area (Å²) in [6.07, 6.45) is 7.03. The molecule has 0 saturated heterocycles. The molecule has 10 heteroatoms. The van der Waals surface area contributed by atoms with Gasteiger partial charge in [-0.2, -0.15) is 14.8 Å².